The van der Waals surface area contributed by atoms with Gasteiger partial charge in [0.1, 0.15) is 0 Å². The van der Waals surface area contributed by atoms with Gasteiger partial charge in [0.2, 0.25) is 0 Å². The molecule has 1 N–H and O–H groups in total. The first-order chi connectivity index (χ1) is 9.53. The second-order valence-corrected chi connectivity index (χ2v) is 4.40. The number of hydrogen-bond donors (Lipinski definition) is 1. The summed E-state index contributed by atoms with van der Waals surface area (Å²) in [5.74, 6) is 2.42. The molecule has 0 spiro atoms. The molecule has 1 aromatic carbocycles. The highest BCUT2D eigenvalue weighted by molar-refractivity contribution is 6.33. The summed E-state index contributed by atoms with van der Waals surface area (Å²) >= 11 is 6.24. The van der Waals surface area contributed by atoms with E-state index < -0.39 is 5.97 Å². The quantitative estimate of drug-likeness (QED) is 0.779. The average molecular weight is 298 g/mol. The fraction of sp³-hybridized carbons (Fsp3) is 0.357. The fourth-order valence-electron chi connectivity index (χ4n) is 1.78. The number of nitrogens with zero attached hydrogens (tertiary/aromatic N) is 1. The highest BCUT2D eigenvalue weighted by Gasteiger charge is 2.16. The van der Waals surface area contributed by atoms with E-state index in [1.807, 2.05) is 0 Å². The van der Waals surface area contributed by atoms with Crippen LogP contribution in [0.3, 0.4) is 0 Å². The second kappa shape index (κ2) is 7.63. The SMILES string of the molecule is C#CCN(CC(=O)O)Cc1ccc(OC)c(OC)c1Cl. The van der Waals surface area contributed by atoms with E-state index in [-0.39, 0.29) is 13.1 Å². The van der Waals surface area contributed by atoms with Crippen molar-refractivity contribution in [1.29, 1.82) is 0 Å². The topological polar surface area (TPSA) is 59.0 Å². The zero-order chi connectivity index (χ0) is 15.1. The van der Waals surface area contributed by atoms with Crippen molar-refractivity contribution < 1.29 is 19.4 Å². The van der Waals surface area contributed by atoms with Gasteiger partial charge in [0.05, 0.1) is 32.3 Å². The Balaban J connectivity index is 3.01. The summed E-state index contributed by atoms with van der Waals surface area (Å²) in [4.78, 5) is 12.4. The van der Waals surface area contributed by atoms with Crippen LogP contribution < -0.4 is 9.47 Å². The summed E-state index contributed by atoms with van der Waals surface area (Å²) in [6.45, 7) is 0.377. The Bertz CT molecular complexity index is 525. The summed E-state index contributed by atoms with van der Waals surface area (Å²) in [7, 11) is 3.01. The van der Waals surface area contributed by atoms with E-state index >= 15 is 0 Å². The average Bonchev–Trinajstić information content (AvgIpc) is 2.40. The maximum atomic E-state index is 10.8. The summed E-state index contributed by atoms with van der Waals surface area (Å²) < 4.78 is 10.3. The van der Waals surface area contributed by atoms with E-state index in [0.29, 0.717) is 23.1 Å². The number of carbonyl (C=O) groups is 1. The van der Waals surface area contributed by atoms with Crippen LogP contribution in [0.15, 0.2) is 12.1 Å². The minimum Gasteiger partial charge on any atom is -0.493 e. The lowest BCUT2D eigenvalue weighted by atomic mass is 10.1. The molecule has 0 radical (unpaired) electrons. The fourth-order valence-corrected chi connectivity index (χ4v) is 2.07. The van der Waals surface area contributed by atoms with E-state index in [9.17, 15) is 4.79 Å². The molecule has 0 saturated heterocycles. The highest BCUT2D eigenvalue weighted by atomic mass is 35.5. The van der Waals surface area contributed by atoms with Crippen LogP contribution in [-0.4, -0.2) is 43.3 Å². The van der Waals surface area contributed by atoms with Gasteiger partial charge in [-0.15, -0.1) is 6.42 Å². The molecule has 5 nitrogen and oxygen atoms in total. The molecule has 0 amide bonds. The third-order valence-corrected chi connectivity index (χ3v) is 3.05. The maximum Gasteiger partial charge on any atom is 0.317 e. The second-order valence-electron chi connectivity index (χ2n) is 4.02. The number of halogens is 1. The Morgan fingerprint density at radius 2 is 2.15 bits per heavy atom. The minimum atomic E-state index is -0.947. The van der Waals surface area contributed by atoms with E-state index in [2.05, 4.69) is 5.92 Å². The molecule has 1 aromatic rings. The monoisotopic (exact) mass is 297 g/mol. The molecule has 20 heavy (non-hydrogen) atoms. The summed E-state index contributed by atoms with van der Waals surface area (Å²) in [5, 5.41) is 9.24. The van der Waals surface area contributed by atoms with Crippen molar-refractivity contribution in [2.75, 3.05) is 27.3 Å². The third kappa shape index (κ3) is 4.05. The first-order valence-electron chi connectivity index (χ1n) is 5.80. The van der Waals surface area contributed by atoms with Crippen LogP contribution in [0.2, 0.25) is 5.02 Å². The van der Waals surface area contributed by atoms with Crippen LogP contribution in [0.5, 0.6) is 11.5 Å². The van der Waals surface area contributed by atoms with E-state index in [1.165, 1.54) is 14.2 Å². The summed E-state index contributed by atoms with van der Waals surface area (Å²) in [6.07, 6.45) is 5.24. The molecule has 0 fully saturated rings. The molecule has 1 rings (SSSR count). The lowest BCUT2D eigenvalue weighted by molar-refractivity contribution is -0.138. The Hall–Kier alpha value is -1.90. The van der Waals surface area contributed by atoms with Gasteiger partial charge in [0.15, 0.2) is 11.5 Å². The van der Waals surface area contributed by atoms with Crippen LogP contribution in [0.25, 0.3) is 0 Å². The highest BCUT2D eigenvalue weighted by Crippen LogP contribution is 2.37. The molecule has 0 unspecified atom stereocenters. The molecule has 0 bridgehead atoms. The minimum absolute atomic E-state index is 0.158. The summed E-state index contributed by atoms with van der Waals surface area (Å²) in [6, 6.07) is 3.48. The number of methoxy groups -OCH3 is 2. The first kappa shape index (κ1) is 16.2. The first-order valence-corrected chi connectivity index (χ1v) is 6.18. The van der Waals surface area contributed by atoms with E-state index in [4.69, 9.17) is 32.6 Å². The van der Waals surface area contributed by atoms with Gasteiger partial charge in [-0.3, -0.25) is 9.69 Å². The number of aliphatic carboxylic acids is 1. The summed E-state index contributed by atoms with van der Waals surface area (Å²) in [5.41, 5.74) is 0.723. The van der Waals surface area contributed by atoms with Crippen LogP contribution in [0, 0.1) is 12.3 Å². The largest absolute Gasteiger partial charge is 0.493 e. The molecular formula is C14H16ClNO4. The normalized spacial score (nSPS) is 10.2. The van der Waals surface area contributed by atoms with Crippen molar-refractivity contribution in [2.24, 2.45) is 0 Å². The Kier molecular flexibility index (Phi) is 6.16. The zero-order valence-electron chi connectivity index (χ0n) is 11.4. The van der Waals surface area contributed by atoms with Crippen molar-refractivity contribution in [1.82, 2.24) is 4.90 Å². The predicted molar refractivity (Wildman–Crippen MR) is 76.3 cm³/mol. The van der Waals surface area contributed by atoms with Gasteiger partial charge in [-0.1, -0.05) is 23.6 Å². The lowest BCUT2D eigenvalue weighted by Crippen LogP contribution is -2.29. The van der Waals surface area contributed by atoms with Gasteiger partial charge in [0, 0.05) is 6.54 Å². The number of rotatable bonds is 7. The number of ether oxygens (including phenoxy) is 2. The molecule has 0 heterocycles. The molecule has 0 aliphatic heterocycles. The predicted octanol–water partition coefficient (Wildman–Crippen LogP) is 1.88. The molecule has 108 valence electrons. The van der Waals surface area contributed by atoms with Gasteiger partial charge >= 0.3 is 5.97 Å². The van der Waals surface area contributed by atoms with Crippen LogP contribution in [0.1, 0.15) is 5.56 Å². The van der Waals surface area contributed by atoms with Crippen molar-refractivity contribution in [3.63, 3.8) is 0 Å². The Morgan fingerprint density at radius 3 is 2.65 bits per heavy atom. The zero-order valence-corrected chi connectivity index (χ0v) is 12.1. The Labute approximate surface area is 123 Å². The van der Waals surface area contributed by atoms with Crippen LogP contribution >= 0.6 is 11.6 Å². The Morgan fingerprint density at radius 1 is 1.45 bits per heavy atom. The molecule has 0 aromatic heterocycles. The van der Waals surface area contributed by atoms with Crippen molar-refractivity contribution in [2.45, 2.75) is 6.54 Å². The van der Waals surface area contributed by atoms with Gasteiger partial charge < -0.3 is 14.6 Å². The molecule has 0 aliphatic carbocycles. The van der Waals surface area contributed by atoms with E-state index in [1.54, 1.807) is 17.0 Å². The third-order valence-electron chi connectivity index (χ3n) is 2.63. The number of terminal acetylenes is 1. The number of carboxylic acid groups (broad SMARTS) is 1. The lowest BCUT2D eigenvalue weighted by Gasteiger charge is -2.19. The maximum absolute atomic E-state index is 10.8. The van der Waals surface area contributed by atoms with Crippen LogP contribution in [-0.2, 0) is 11.3 Å². The molecule has 0 aliphatic rings. The van der Waals surface area contributed by atoms with Crippen molar-refractivity contribution in [3.05, 3.63) is 22.7 Å². The van der Waals surface area contributed by atoms with Crippen molar-refractivity contribution in [3.8, 4) is 23.8 Å². The van der Waals surface area contributed by atoms with Gasteiger partial charge in [-0.05, 0) is 11.6 Å². The van der Waals surface area contributed by atoms with E-state index in [0.717, 1.165) is 5.56 Å². The molecule has 0 saturated carbocycles. The smallest absolute Gasteiger partial charge is 0.317 e. The van der Waals surface area contributed by atoms with Gasteiger partial charge in [0.25, 0.3) is 0 Å². The molecule has 6 heteroatoms. The standard InChI is InChI=1S/C14H16ClNO4/c1-4-7-16(9-12(17)18)8-10-5-6-11(19-2)14(20-3)13(10)15/h1,5-6H,7-9H2,2-3H3,(H,17,18). The number of benzene rings is 1. The van der Waals surface area contributed by atoms with Crippen molar-refractivity contribution >= 4 is 17.6 Å². The molecule has 0 atom stereocenters. The number of hydrogen-bond acceptors (Lipinski definition) is 4. The number of carboxylic acids is 1. The van der Waals surface area contributed by atoms with Gasteiger partial charge in [-0.2, -0.15) is 0 Å². The van der Waals surface area contributed by atoms with Crippen LogP contribution in [0.4, 0.5) is 0 Å². The molecular weight excluding hydrogens is 282 g/mol. The van der Waals surface area contributed by atoms with Gasteiger partial charge in [-0.25, -0.2) is 0 Å².